The van der Waals surface area contributed by atoms with Crippen molar-refractivity contribution < 1.29 is 13.2 Å². The number of halogens is 3. The smallest absolute Gasteiger partial charge is 0.307 e. The molecule has 6 heteroatoms. The van der Waals surface area contributed by atoms with Crippen molar-refractivity contribution >= 4 is 0 Å². The number of hydrogen-bond donors (Lipinski definition) is 1. The van der Waals surface area contributed by atoms with E-state index in [-0.39, 0.29) is 6.04 Å². The van der Waals surface area contributed by atoms with Gasteiger partial charge < -0.3 is 5.32 Å². The third-order valence-corrected chi connectivity index (χ3v) is 3.11. The number of nitrogens with one attached hydrogen (secondary N) is 1. The fraction of sp³-hybridized carbons (Fsp3) is 0.643. The molecule has 0 saturated heterocycles. The molecule has 0 fully saturated rings. The highest BCUT2D eigenvalue weighted by molar-refractivity contribution is 5.09. The molecule has 0 aliphatic rings. The number of pyridine rings is 1. The molecule has 0 saturated carbocycles. The van der Waals surface area contributed by atoms with Crippen molar-refractivity contribution in [1.29, 1.82) is 0 Å². The van der Waals surface area contributed by atoms with Gasteiger partial charge in [-0.05, 0) is 32.5 Å². The van der Waals surface area contributed by atoms with E-state index in [0.29, 0.717) is 13.1 Å². The first kappa shape index (κ1) is 16.9. The number of hydrogen-bond acceptors (Lipinski definition) is 3. The molecule has 1 atom stereocenters. The van der Waals surface area contributed by atoms with Gasteiger partial charge in [-0.3, -0.25) is 9.88 Å². The highest BCUT2D eigenvalue weighted by atomic mass is 19.4. The van der Waals surface area contributed by atoms with Crippen molar-refractivity contribution in [2.24, 2.45) is 0 Å². The van der Waals surface area contributed by atoms with Gasteiger partial charge in [-0.2, -0.15) is 13.2 Å². The second-order valence-corrected chi connectivity index (χ2v) is 4.93. The molecule has 1 aromatic rings. The first-order valence-electron chi connectivity index (χ1n) is 6.76. The summed E-state index contributed by atoms with van der Waals surface area (Å²) in [6, 6.07) is 5.82. The topological polar surface area (TPSA) is 28.2 Å². The van der Waals surface area contributed by atoms with Crippen LogP contribution >= 0.6 is 0 Å². The van der Waals surface area contributed by atoms with E-state index >= 15 is 0 Å². The molecule has 0 aliphatic carbocycles. The Kier molecular flexibility index (Phi) is 6.42. The number of aryl methyl sites for hydroxylation is 1. The van der Waals surface area contributed by atoms with E-state index in [1.165, 1.54) is 0 Å². The average Bonchev–Trinajstić information content (AvgIpc) is 2.34. The summed E-state index contributed by atoms with van der Waals surface area (Å²) in [6.45, 7) is 6.61. The molecule has 1 unspecified atom stereocenters. The van der Waals surface area contributed by atoms with E-state index in [1.54, 1.807) is 0 Å². The second kappa shape index (κ2) is 7.59. The SMILES string of the molecule is CCN(Cc1cccc(C)n1)C(C)CNCC(F)(F)F. The molecule has 20 heavy (non-hydrogen) atoms. The number of nitrogens with zero attached hydrogens (tertiary/aromatic N) is 2. The van der Waals surface area contributed by atoms with E-state index in [1.807, 2.05) is 39.0 Å². The van der Waals surface area contributed by atoms with Crippen LogP contribution in [0.1, 0.15) is 25.2 Å². The van der Waals surface area contributed by atoms with Gasteiger partial charge >= 0.3 is 6.18 Å². The first-order valence-corrected chi connectivity index (χ1v) is 6.76. The summed E-state index contributed by atoms with van der Waals surface area (Å²) in [7, 11) is 0. The molecule has 1 aromatic heterocycles. The van der Waals surface area contributed by atoms with E-state index in [9.17, 15) is 13.2 Å². The van der Waals surface area contributed by atoms with Gasteiger partial charge in [0.1, 0.15) is 0 Å². The predicted molar refractivity (Wildman–Crippen MR) is 73.4 cm³/mol. The first-order chi connectivity index (χ1) is 9.31. The number of likely N-dealkylation sites (N-methyl/N-ethyl adjacent to an activating group) is 1. The Balaban J connectivity index is 2.48. The van der Waals surface area contributed by atoms with Gasteiger partial charge in [-0.25, -0.2) is 0 Å². The molecule has 0 aromatic carbocycles. The maximum absolute atomic E-state index is 12.1. The van der Waals surface area contributed by atoms with Crippen LogP contribution in [0.15, 0.2) is 18.2 Å². The van der Waals surface area contributed by atoms with Crippen molar-refractivity contribution in [1.82, 2.24) is 15.2 Å². The molecule has 114 valence electrons. The fourth-order valence-corrected chi connectivity index (χ4v) is 2.03. The van der Waals surface area contributed by atoms with Gasteiger partial charge in [0.05, 0.1) is 12.2 Å². The van der Waals surface area contributed by atoms with Crippen LogP contribution in [-0.2, 0) is 6.54 Å². The van der Waals surface area contributed by atoms with E-state index in [0.717, 1.165) is 17.9 Å². The molecule has 1 heterocycles. The largest absolute Gasteiger partial charge is 0.401 e. The molecule has 0 bridgehead atoms. The summed E-state index contributed by atoms with van der Waals surface area (Å²) in [5, 5.41) is 2.45. The van der Waals surface area contributed by atoms with Crippen molar-refractivity contribution in [2.75, 3.05) is 19.6 Å². The Morgan fingerprint density at radius 2 is 2.05 bits per heavy atom. The van der Waals surface area contributed by atoms with Gasteiger partial charge in [0, 0.05) is 24.8 Å². The molecule has 1 rings (SSSR count). The zero-order chi connectivity index (χ0) is 15.2. The quantitative estimate of drug-likeness (QED) is 0.836. The third-order valence-electron chi connectivity index (χ3n) is 3.11. The molecule has 0 aliphatic heterocycles. The Labute approximate surface area is 118 Å². The average molecular weight is 289 g/mol. The number of alkyl halides is 3. The minimum Gasteiger partial charge on any atom is -0.307 e. The Morgan fingerprint density at radius 3 is 2.60 bits per heavy atom. The lowest BCUT2D eigenvalue weighted by Crippen LogP contribution is -2.42. The fourth-order valence-electron chi connectivity index (χ4n) is 2.03. The maximum Gasteiger partial charge on any atom is 0.401 e. The Morgan fingerprint density at radius 1 is 1.35 bits per heavy atom. The summed E-state index contributed by atoms with van der Waals surface area (Å²) in [4.78, 5) is 6.52. The summed E-state index contributed by atoms with van der Waals surface area (Å²) in [5.74, 6) is 0. The lowest BCUT2D eigenvalue weighted by molar-refractivity contribution is -0.125. The zero-order valence-electron chi connectivity index (χ0n) is 12.2. The lowest BCUT2D eigenvalue weighted by atomic mass is 10.2. The number of aromatic nitrogens is 1. The number of rotatable bonds is 7. The summed E-state index contributed by atoms with van der Waals surface area (Å²) < 4.78 is 36.3. The van der Waals surface area contributed by atoms with Crippen molar-refractivity contribution in [2.45, 2.75) is 39.5 Å². The summed E-state index contributed by atoms with van der Waals surface area (Å²) in [6.07, 6.45) is -4.16. The molecule has 1 N–H and O–H groups in total. The lowest BCUT2D eigenvalue weighted by Gasteiger charge is -2.28. The highest BCUT2D eigenvalue weighted by Crippen LogP contribution is 2.12. The normalized spacial score (nSPS) is 13.8. The van der Waals surface area contributed by atoms with Crippen LogP contribution in [0.25, 0.3) is 0 Å². The molecular formula is C14H22F3N3. The zero-order valence-corrected chi connectivity index (χ0v) is 12.2. The Hall–Kier alpha value is -1.14. The van der Waals surface area contributed by atoms with Crippen LogP contribution in [0.3, 0.4) is 0 Å². The van der Waals surface area contributed by atoms with Crippen LogP contribution < -0.4 is 5.32 Å². The van der Waals surface area contributed by atoms with Gasteiger partial charge in [0.15, 0.2) is 0 Å². The second-order valence-electron chi connectivity index (χ2n) is 4.93. The third kappa shape index (κ3) is 6.34. The maximum atomic E-state index is 12.1. The van der Waals surface area contributed by atoms with Crippen molar-refractivity contribution in [3.63, 3.8) is 0 Å². The highest BCUT2D eigenvalue weighted by Gasteiger charge is 2.26. The summed E-state index contributed by atoms with van der Waals surface area (Å²) in [5.41, 5.74) is 1.89. The van der Waals surface area contributed by atoms with Gasteiger partial charge in [0.2, 0.25) is 0 Å². The van der Waals surface area contributed by atoms with E-state index in [2.05, 4.69) is 15.2 Å². The summed E-state index contributed by atoms with van der Waals surface area (Å²) >= 11 is 0. The van der Waals surface area contributed by atoms with Crippen LogP contribution in [0, 0.1) is 6.92 Å². The molecular weight excluding hydrogens is 267 g/mol. The molecule has 0 spiro atoms. The van der Waals surface area contributed by atoms with Crippen molar-refractivity contribution in [3.05, 3.63) is 29.6 Å². The molecule has 0 radical (unpaired) electrons. The van der Waals surface area contributed by atoms with E-state index in [4.69, 9.17) is 0 Å². The van der Waals surface area contributed by atoms with Gasteiger partial charge in [0.25, 0.3) is 0 Å². The Bertz CT molecular complexity index is 407. The van der Waals surface area contributed by atoms with E-state index < -0.39 is 12.7 Å². The molecule has 0 amide bonds. The monoisotopic (exact) mass is 289 g/mol. The van der Waals surface area contributed by atoms with Crippen LogP contribution in [0.5, 0.6) is 0 Å². The minimum absolute atomic E-state index is 0.0182. The standard InChI is InChI=1S/C14H22F3N3/c1-4-20(9-13-7-5-6-11(2)19-13)12(3)8-18-10-14(15,16)17/h5-7,12,18H,4,8-10H2,1-3H3. The predicted octanol–water partition coefficient (Wildman–Crippen LogP) is 2.75. The van der Waals surface area contributed by atoms with Crippen LogP contribution in [0.4, 0.5) is 13.2 Å². The van der Waals surface area contributed by atoms with Crippen molar-refractivity contribution in [3.8, 4) is 0 Å². The minimum atomic E-state index is -4.16. The van der Waals surface area contributed by atoms with Gasteiger partial charge in [-0.1, -0.05) is 13.0 Å². The van der Waals surface area contributed by atoms with Gasteiger partial charge in [-0.15, -0.1) is 0 Å². The van der Waals surface area contributed by atoms with Crippen LogP contribution in [0.2, 0.25) is 0 Å². The molecule has 3 nitrogen and oxygen atoms in total. The van der Waals surface area contributed by atoms with Crippen LogP contribution in [-0.4, -0.2) is 41.7 Å².